The molecule has 0 unspecified atom stereocenters. The maximum absolute atomic E-state index is 11.1. The van der Waals surface area contributed by atoms with Crippen LogP contribution in [0, 0.1) is 6.92 Å². The molecule has 96 valence electrons. The molecule has 17 heavy (non-hydrogen) atoms. The zero-order valence-electron chi connectivity index (χ0n) is 10.6. The average Bonchev–Trinajstić information content (AvgIpc) is 2.20. The van der Waals surface area contributed by atoms with Gasteiger partial charge in [-0.3, -0.25) is 0 Å². The number of hydrogen-bond donors (Lipinski definition) is 1. The third kappa shape index (κ3) is 5.19. The zero-order valence-corrected chi connectivity index (χ0v) is 11.4. The fourth-order valence-electron chi connectivity index (χ4n) is 1.56. The summed E-state index contributed by atoms with van der Waals surface area (Å²) in [5, 5.41) is 0. The van der Waals surface area contributed by atoms with Crippen LogP contribution in [0.1, 0.15) is 11.1 Å². The van der Waals surface area contributed by atoms with Crippen LogP contribution in [0.2, 0.25) is 0 Å². The van der Waals surface area contributed by atoms with Gasteiger partial charge in [-0.2, -0.15) is 0 Å². The van der Waals surface area contributed by atoms with Crippen LogP contribution in [0.25, 0.3) is 0 Å². The molecule has 0 saturated carbocycles. The van der Waals surface area contributed by atoms with Crippen molar-refractivity contribution < 1.29 is 8.42 Å². The minimum Gasteiger partial charge on any atom is -0.398 e. The van der Waals surface area contributed by atoms with Crippen LogP contribution in [0.3, 0.4) is 0 Å². The van der Waals surface area contributed by atoms with E-state index in [1.807, 2.05) is 37.1 Å². The van der Waals surface area contributed by atoms with Crippen LogP contribution in [0.15, 0.2) is 18.2 Å². The van der Waals surface area contributed by atoms with Gasteiger partial charge in [0.25, 0.3) is 0 Å². The molecule has 0 fully saturated rings. The van der Waals surface area contributed by atoms with Gasteiger partial charge in [-0.15, -0.1) is 0 Å². The summed E-state index contributed by atoms with van der Waals surface area (Å²) in [4.78, 5) is 1.96. The molecule has 0 spiro atoms. The van der Waals surface area contributed by atoms with Gasteiger partial charge < -0.3 is 10.6 Å². The molecule has 0 bridgehead atoms. The molecule has 0 radical (unpaired) electrons. The van der Waals surface area contributed by atoms with E-state index >= 15 is 0 Å². The normalized spacial score (nSPS) is 12.0. The van der Waals surface area contributed by atoms with E-state index in [-0.39, 0.29) is 5.75 Å². The highest BCUT2D eigenvalue weighted by atomic mass is 32.2. The van der Waals surface area contributed by atoms with Gasteiger partial charge >= 0.3 is 0 Å². The quantitative estimate of drug-likeness (QED) is 0.800. The SMILES string of the molecule is Cc1ccc(N)c(CN(C)CCS(C)(=O)=O)c1. The molecule has 0 heterocycles. The van der Waals surface area contributed by atoms with Crippen molar-refractivity contribution in [1.82, 2.24) is 4.90 Å². The van der Waals surface area contributed by atoms with Gasteiger partial charge in [0.1, 0.15) is 9.84 Å². The second kappa shape index (κ2) is 5.51. The van der Waals surface area contributed by atoms with Gasteiger partial charge in [0.15, 0.2) is 0 Å². The first-order chi connectivity index (χ1) is 7.78. The van der Waals surface area contributed by atoms with Gasteiger partial charge in [0.05, 0.1) is 5.75 Å². The molecule has 0 aliphatic heterocycles. The van der Waals surface area contributed by atoms with E-state index in [0.717, 1.165) is 16.8 Å². The highest BCUT2D eigenvalue weighted by molar-refractivity contribution is 7.90. The van der Waals surface area contributed by atoms with Crippen molar-refractivity contribution in [3.05, 3.63) is 29.3 Å². The molecule has 0 aromatic heterocycles. The first kappa shape index (κ1) is 14.0. The molecule has 0 atom stereocenters. The minimum absolute atomic E-state index is 0.176. The molecular weight excluding hydrogens is 236 g/mol. The monoisotopic (exact) mass is 256 g/mol. The molecular formula is C12H20N2O2S. The third-order valence-corrected chi connectivity index (χ3v) is 3.51. The van der Waals surface area contributed by atoms with Gasteiger partial charge in [-0.25, -0.2) is 8.42 Å². The van der Waals surface area contributed by atoms with Crippen LogP contribution in [-0.4, -0.2) is 38.9 Å². The maximum Gasteiger partial charge on any atom is 0.148 e. The predicted octanol–water partition coefficient (Wildman–Crippen LogP) is 1.05. The fraction of sp³-hybridized carbons (Fsp3) is 0.500. The highest BCUT2D eigenvalue weighted by Gasteiger charge is 2.07. The standard InChI is InChI=1S/C12H20N2O2S/c1-10-4-5-12(13)11(8-10)9-14(2)6-7-17(3,15)16/h4-5,8H,6-7,9,13H2,1-3H3. The summed E-state index contributed by atoms with van der Waals surface area (Å²) in [6.45, 7) is 3.20. The van der Waals surface area contributed by atoms with E-state index in [4.69, 9.17) is 5.73 Å². The van der Waals surface area contributed by atoms with Crippen molar-refractivity contribution in [3.63, 3.8) is 0 Å². The summed E-state index contributed by atoms with van der Waals surface area (Å²) in [6.07, 6.45) is 1.25. The van der Waals surface area contributed by atoms with Crippen LogP contribution >= 0.6 is 0 Å². The Balaban J connectivity index is 2.62. The number of rotatable bonds is 5. The maximum atomic E-state index is 11.1. The van der Waals surface area contributed by atoms with E-state index in [0.29, 0.717) is 13.1 Å². The van der Waals surface area contributed by atoms with E-state index in [1.54, 1.807) is 0 Å². The number of hydrogen-bond acceptors (Lipinski definition) is 4. The summed E-state index contributed by atoms with van der Waals surface area (Å²) >= 11 is 0. The largest absolute Gasteiger partial charge is 0.398 e. The van der Waals surface area contributed by atoms with E-state index in [2.05, 4.69) is 0 Å². The second-order valence-electron chi connectivity index (χ2n) is 4.57. The number of aryl methyl sites for hydroxylation is 1. The first-order valence-corrected chi connectivity index (χ1v) is 7.55. The lowest BCUT2D eigenvalue weighted by Crippen LogP contribution is -2.25. The summed E-state index contributed by atoms with van der Waals surface area (Å²) in [6, 6.07) is 5.89. The molecule has 4 nitrogen and oxygen atoms in total. The molecule has 0 saturated heterocycles. The van der Waals surface area contributed by atoms with Gasteiger partial charge in [-0.1, -0.05) is 17.7 Å². The average molecular weight is 256 g/mol. The molecule has 1 rings (SSSR count). The number of sulfone groups is 1. The third-order valence-electron chi connectivity index (χ3n) is 2.58. The van der Waals surface area contributed by atoms with Crippen LogP contribution in [0.5, 0.6) is 0 Å². The van der Waals surface area contributed by atoms with Gasteiger partial charge in [-0.05, 0) is 25.6 Å². The Morgan fingerprint density at radius 2 is 2.00 bits per heavy atom. The molecule has 0 aliphatic rings. The fourth-order valence-corrected chi connectivity index (χ4v) is 2.21. The predicted molar refractivity (Wildman–Crippen MR) is 71.6 cm³/mol. The Hall–Kier alpha value is -1.07. The molecule has 1 aromatic carbocycles. The topological polar surface area (TPSA) is 63.4 Å². The van der Waals surface area contributed by atoms with Crippen molar-refractivity contribution in [2.75, 3.05) is 31.3 Å². The highest BCUT2D eigenvalue weighted by Crippen LogP contribution is 2.15. The molecule has 2 N–H and O–H groups in total. The summed E-state index contributed by atoms with van der Waals surface area (Å²) < 4.78 is 22.1. The number of nitrogen functional groups attached to an aromatic ring is 1. The molecule has 0 aliphatic carbocycles. The Labute approximate surface area is 103 Å². The number of anilines is 1. The lowest BCUT2D eigenvalue weighted by molar-refractivity contribution is 0.347. The van der Waals surface area contributed by atoms with Crippen molar-refractivity contribution in [2.24, 2.45) is 0 Å². The first-order valence-electron chi connectivity index (χ1n) is 5.49. The second-order valence-corrected chi connectivity index (χ2v) is 6.83. The lowest BCUT2D eigenvalue weighted by atomic mass is 10.1. The van der Waals surface area contributed by atoms with E-state index in [9.17, 15) is 8.42 Å². The zero-order chi connectivity index (χ0) is 13.1. The Kier molecular flexibility index (Phi) is 4.54. The van der Waals surface area contributed by atoms with Crippen molar-refractivity contribution in [3.8, 4) is 0 Å². The Bertz CT molecular complexity index is 483. The minimum atomic E-state index is -2.90. The van der Waals surface area contributed by atoms with E-state index in [1.165, 1.54) is 6.26 Å². The Morgan fingerprint density at radius 3 is 2.59 bits per heavy atom. The summed E-state index contributed by atoms with van der Waals surface area (Å²) in [5.74, 6) is 0.176. The van der Waals surface area contributed by atoms with Gasteiger partial charge in [0, 0.05) is 25.0 Å². The number of nitrogens with zero attached hydrogens (tertiary/aromatic N) is 1. The van der Waals surface area contributed by atoms with Crippen molar-refractivity contribution in [1.29, 1.82) is 0 Å². The van der Waals surface area contributed by atoms with E-state index < -0.39 is 9.84 Å². The summed E-state index contributed by atoms with van der Waals surface area (Å²) in [5.41, 5.74) is 8.83. The molecule has 5 heteroatoms. The smallest absolute Gasteiger partial charge is 0.148 e. The van der Waals surface area contributed by atoms with Crippen molar-refractivity contribution >= 4 is 15.5 Å². The van der Waals surface area contributed by atoms with Crippen LogP contribution in [-0.2, 0) is 16.4 Å². The number of benzene rings is 1. The number of nitrogens with two attached hydrogens (primary N) is 1. The van der Waals surface area contributed by atoms with Crippen LogP contribution in [0.4, 0.5) is 5.69 Å². The molecule has 1 aromatic rings. The van der Waals surface area contributed by atoms with Crippen molar-refractivity contribution in [2.45, 2.75) is 13.5 Å². The summed E-state index contributed by atoms with van der Waals surface area (Å²) in [7, 11) is -1.01. The van der Waals surface area contributed by atoms with Crippen LogP contribution < -0.4 is 5.73 Å². The Morgan fingerprint density at radius 1 is 1.35 bits per heavy atom. The van der Waals surface area contributed by atoms with Gasteiger partial charge in [0.2, 0.25) is 0 Å². The molecule has 0 amide bonds. The lowest BCUT2D eigenvalue weighted by Gasteiger charge is -2.17.